The molecule has 6 heteroatoms. The number of rotatable bonds is 5. The van der Waals surface area contributed by atoms with Gasteiger partial charge in [0, 0.05) is 11.7 Å². The van der Waals surface area contributed by atoms with Crippen LogP contribution in [0.25, 0.3) is 0 Å². The quantitative estimate of drug-likeness (QED) is 0.738. The lowest BCUT2D eigenvalue weighted by Gasteiger charge is -2.55. The molecule has 1 aromatic rings. The summed E-state index contributed by atoms with van der Waals surface area (Å²) in [6, 6.07) is 5.75. The van der Waals surface area contributed by atoms with Crippen LogP contribution < -0.4 is 0 Å². The summed E-state index contributed by atoms with van der Waals surface area (Å²) < 4.78 is 28.5. The highest BCUT2D eigenvalue weighted by Crippen LogP contribution is 2.60. The summed E-state index contributed by atoms with van der Waals surface area (Å²) in [5.41, 5.74) is -0.130. The third-order valence-electron chi connectivity index (χ3n) is 6.46. The standard InChI is InChI=1S/C20H24O5S/c1-26(23,24)17-4-2-3-16(8-17)19(22)25-12-18(21)20-9-13-5-14(10-20)7-15(6-13)11-20/h2-4,8,13-15H,5-7,9-12H2,1H3. The number of hydrogen-bond acceptors (Lipinski definition) is 5. The second-order valence-electron chi connectivity index (χ2n) is 8.50. The van der Waals surface area contributed by atoms with E-state index in [1.807, 2.05) is 0 Å². The second kappa shape index (κ2) is 6.19. The highest BCUT2D eigenvalue weighted by atomic mass is 32.2. The molecule has 0 atom stereocenters. The number of esters is 1. The van der Waals surface area contributed by atoms with Crippen LogP contribution in [0.4, 0.5) is 0 Å². The van der Waals surface area contributed by atoms with E-state index in [4.69, 9.17) is 4.74 Å². The van der Waals surface area contributed by atoms with Gasteiger partial charge in [-0.25, -0.2) is 13.2 Å². The van der Waals surface area contributed by atoms with Crippen LogP contribution in [0.3, 0.4) is 0 Å². The Morgan fingerprint density at radius 2 is 1.65 bits per heavy atom. The van der Waals surface area contributed by atoms with Gasteiger partial charge < -0.3 is 4.74 Å². The van der Waals surface area contributed by atoms with E-state index >= 15 is 0 Å². The van der Waals surface area contributed by atoms with Gasteiger partial charge in [0.1, 0.15) is 0 Å². The fourth-order valence-electron chi connectivity index (χ4n) is 5.67. The molecule has 0 aromatic heterocycles. The normalized spacial score (nSPS) is 32.4. The molecule has 4 fully saturated rings. The van der Waals surface area contributed by atoms with Crippen molar-refractivity contribution in [1.82, 2.24) is 0 Å². The third kappa shape index (κ3) is 3.20. The van der Waals surface area contributed by atoms with Crippen LogP contribution in [0.2, 0.25) is 0 Å². The highest BCUT2D eigenvalue weighted by Gasteiger charge is 2.54. The predicted octanol–water partition coefficient (Wildman–Crippen LogP) is 3.03. The lowest BCUT2D eigenvalue weighted by molar-refractivity contribution is -0.147. The zero-order valence-electron chi connectivity index (χ0n) is 14.9. The van der Waals surface area contributed by atoms with Crippen molar-refractivity contribution in [1.29, 1.82) is 0 Å². The van der Waals surface area contributed by atoms with Gasteiger partial charge in [0.05, 0.1) is 10.5 Å². The van der Waals surface area contributed by atoms with Crippen LogP contribution in [-0.4, -0.2) is 33.0 Å². The molecule has 0 spiro atoms. The van der Waals surface area contributed by atoms with E-state index in [-0.39, 0.29) is 28.3 Å². The summed E-state index contributed by atoms with van der Waals surface area (Å²) in [5.74, 6) is 1.38. The van der Waals surface area contributed by atoms with Crippen molar-refractivity contribution in [3.63, 3.8) is 0 Å². The van der Waals surface area contributed by atoms with E-state index in [0.717, 1.165) is 25.5 Å². The molecule has 0 unspecified atom stereocenters. The van der Waals surface area contributed by atoms with Crippen LogP contribution in [0.5, 0.6) is 0 Å². The fraction of sp³-hybridized carbons (Fsp3) is 0.600. The molecule has 4 aliphatic carbocycles. The van der Waals surface area contributed by atoms with Crippen molar-refractivity contribution in [2.45, 2.75) is 43.4 Å². The maximum Gasteiger partial charge on any atom is 0.338 e. The maximum absolute atomic E-state index is 12.9. The second-order valence-corrected chi connectivity index (χ2v) is 10.5. The van der Waals surface area contributed by atoms with Crippen molar-refractivity contribution >= 4 is 21.6 Å². The fourth-order valence-corrected chi connectivity index (χ4v) is 6.34. The first-order valence-corrected chi connectivity index (χ1v) is 11.1. The van der Waals surface area contributed by atoms with E-state index < -0.39 is 15.8 Å². The molecule has 0 N–H and O–H groups in total. The van der Waals surface area contributed by atoms with E-state index in [1.54, 1.807) is 0 Å². The number of hydrogen-bond donors (Lipinski definition) is 0. The largest absolute Gasteiger partial charge is 0.454 e. The monoisotopic (exact) mass is 376 g/mol. The average molecular weight is 376 g/mol. The van der Waals surface area contributed by atoms with Crippen LogP contribution in [0.1, 0.15) is 48.9 Å². The van der Waals surface area contributed by atoms with Crippen molar-refractivity contribution in [2.75, 3.05) is 12.9 Å². The Hall–Kier alpha value is -1.69. The molecule has 4 bridgehead atoms. The van der Waals surface area contributed by atoms with Gasteiger partial charge in [0.2, 0.25) is 0 Å². The van der Waals surface area contributed by atoms with Crippen LogP contribution >= 0.6 is 0 Å². The summed E-state index contributed by atoms with van der Waals surface area (Å²) in [7, 11) is -3.40. The minimum absolute atomic E-state index is 0.0456. The predicted molar refractivity (Wildman–Crippen MR) is 95.4 cm³/mol. The van der Waals surface area contributed by atoms with Gasteiger partial charge in [-0.15, -0.1) is 0 Å². The Labute approximate surface area is 154 Å². The molecular weight excluding hydrogens is 352 g/mol. The van der Waals surface area contributed by atoms with E-state index in [0.29, 0.717) is 17.8 Å². The highest BCUT2D eigenvalue weighted by molar-refractivity contribution is 7.90. The topological polar surface area (TPSA) is 77.5 Å². The van der Waals surface area contributed by atoms with E-state index in [9.17, 15) is 18.0 Å². The Bertz CT molecular complexity index is 819. The Morgan fingerprint density at radius 1 is 1.08 bits per heavy atom. The Morgan fingerprint density at radius 3 is 2.19 bits per heavy atom. The first-order valence-electron chi connectivity index (χ1n) is 9.26. The van der Waals surface area contributed by atoms with Crippen LogP contribution in [0.15, 0.2) is 29.2 Å². The molecule has 5 rings (SSSR count). The number of sulfone groups is 1. The molecule has 4 saturated carbocycles. The zero-order valence-corrected chi connectivity index (χ0v) is 15.8. The SMILES string of the molecule is CS(=O)(=O)c1cccc(C(=O)OCC(=O)C23CC4CC(CC(C4)C2)C3)c1. The third-order valence-corrected chi connectivity index (χ3v) is 7.57. The van der Waals surface area contributed by atoms with Gasteiger partial charge in [0.25, 0.3) is 0 Å². The van der Waals surface area contributed by atoms with Crippen molar-refractivity contribution < 1.29 is 22.7 Å². The minimum atomic E-state index is -3.40. The number of benzene rings is 1. The first kappa shape index (κ1) is 17.7. The Balaban J connectivity index is 1.43. The van der Waals surface area contributed by atoms with Gasteiger partial charge in [-0.05, 0) is 74.5 Å². The maximum atomic E-state index is 12.9. The number of carbonyl (C=O) groups is 2. The average Bonchev–Trinajstić information content (AvgIpc) is 2.57. The molecule has 0 radical (unpaired) electrons. The molecule has 26 heavy (non-hydrogen) atoms. The number of carbonyl (C=O) groups excluding carboxylic acids is 2. The number of ether oxygens (including phenoxy) is 1. The van der Waals surface area contributed by atoms with Crippen molar-refractivity contribution in [2.24, 2.45) is 23.2 Å². The molecule has 0 aliphatic heterocycles. The summed E-state index contributed by atoms with van der Waals surface area (Å²) in [5, 5.41) is 0. The van der Waals surface area contributed by atoms with Gasteiger partial charge in [-0.2, -0.15) is 0 Å². The van der Waals surface area contributed by atoms with Crippen LogP contribution in [0, 0.1) is 23.2 Å². The summed E-state index contributed by atoms with van der Waals surface area (Å²) in [6.45, 7) is -0.214. The molecule has 1 aromatic carbocycles. The van der Waals surface area contributed by atoms with E-state index in [2.05, 4.69) is 0 Å². The summed E-state index contributed by atoms with van der Waals surface area (Å²) >= 11 is 0. The summed E-state index contributed by atoms with van der Waals surface area (Å²) in [4.78, 5) is 25.2. The molecule has 5 nitrogen and oxygen atoms in total. The zero-order chi connectivity index (χ0) is 18.5. The molecular formula is C20H24O5S. The smallest absolute Gasteiger partial charge is 0.338 e. The molecule has 140 valence electrons. The lowest BCUT2D eigenvalue weighted by atomic mass is 9.48. The van der Waals surface area contributed by atoms with Crippen molar-refractivity contribution in [3.8, 4) is 0 Å². The lowest BCUT2D eigenvalue weighted by Crippen LogP contribution is -2.51. The van der Waals surface area contributed by atoms with Gasteiger partial charge in [-0.3, -0.25) is 4.79 Å². The van der Waals surface area contributed by atoms with Gasteiger partial charge in [0.15, 0.2) is 22.2 Å². The molecule has 4 aliphatic rings. The molecule has 0 heterocycles. The first-order chi connectivity index (χ1) is 12.2. The molecule has 0 amide bonds. The number of Topliss-reactive ketones (excluding diaryl/α,β-unsaturated/α-hetero) is 1. The Kier molecular flexibility index (Phi) is 4.21. The minimum Gasteiger partial charge on any atom is -0.454 e. The van der Waals surface area contributed by atoms with Crippen molar-refractivity contribution in [3.05, 3.63) is 29.8 Å². The van der Waals surface area contributed by atoms with Crippen LogP contribution in [-0.2, 0) is 19.4 Å². The molecule has 0 saturated heterocycles. The van der Waals surface area contributed by atoms with Gasteiger partial charge >= 0.3 is 5.97 Å². The summed E-state index contributed by atoms with van der Waals surface area (Å²) in [6.07, 6.45) is 7.69. The number of ketones is 1. The van der Waals surface area contributed by atoms with Gasteiger partial charge in [-0.1, -0.05) is 6.07 Å². The van der Waals surface area contributed by atoms with E-state index in [1.165, 1.54) is 43.5 Å².